The summed E-state index contributed by atoms with van der Waals surface area (Å²) < 4.78 is 0.687. The number of halogens is 1. The average molecular weight is 331 g/mol. The van der Waals surface area contributed by atoms with Gasteiger partial charge in [-0.15, -0.1) is 0 Å². The number of pyridine rings is 1. The number of hydrogen-bond acceptors (Lipinski definition) is 3. The summed E-state index contributed by atoms with van der Waals surface area (Å²) in [5, 5.41) is 2.89. The molecule has 0 fully saturated rings. The van der Waals surface area contributed by atoms with Crippen molar-refractivity contribution >= 4 is 33.6 Å². The molecule has 0 aliphatic heterocycles. The van der Waals surface area contributed by atoms with Gasteiger partial charge in [0.05, 0.1) is 0 Å². The molecule has 1 rings (SSSR count). The number of rotatable bonds is 8. The molecule has 0 radical (unpaired) electrons. The second-order valence-electron chi connectivity index (χ2n) is 4.01. The Morgan fingerprint density at radius 3 is 2.83 bits per heavy atom. The van der Waals surface area contributed by atoms with Crippen LogP contribution in [0.15, 0.2) is 22.8 Å². The van der Waals surface area contributed by atoms with Gasteiger partial charge in [0.15, 0.2) is 0 Å². The van der Waals surface area contributed by atoms with Crippen LogP contribution >= 0.6 is 27.7 Å². The lowest BCUT2D eigenvalue weighted by Gasteiger charge is -2.04. The van der Waals surface area contributed by atoms with Gasteiger partial charge in [0.2, 0.25) is 0 Å². The molecular weight excluding hydrogens is 312 g/mol. The molecule has 0 aromatic carbocycles. The zero-order valence-corrected chi connectivity index (χ0v) is 13.0. The van der Waals surface area contributed by atoms with E-state index in [2.05, 4.69) is 32.5 Å². The van der Waals surface area contributed by atoms with Gasteiger partial charge in [0, 0.05) is 6.54 Å². The lowest BCUT2D eigenvalue weighted by Crippen LogP contribution is -2.25. The van der Waals surface area contributed by atoms with Crippen LogP contribution in [0.3, 0.4) is 0 Å². The Balaban J connectivity index is 2.14. The van der Waals surface area contributed by atoms with Crippen molar-refractivity contribution in [1.29, 1.82) is 0 Å². The Labute approximate surface area is 121 Å². The number of nitrogens with zero attached hydrogens (tertiary/aromatic N) is 1. The number of unbranched alkanes of at least 4 members (excludes halogenated alkanes) is 3. The van der Waals surface area contributed by atoms with Gasteiger partial charge >= 0.3 is 0 Å². The largest absolute Gasteiger partial charge is 0.351 e. The van der Waals surface area contributed by atoms with Crippen molar-refractivity contribution < 1.29 is 4.79 Å². The van der Waals surface area contributed by atoms with E-state index in [-0.39, 0.29) is 5.91 Å². The van der Waals surface area contributed by atoms with Gasteiger partial charge in [-0.3, -0.25) is 4.79 Å². The zero-order chi connectivity index (χ0) is 13.2. The van der Waals surface area contributed by atoms with Crippen molar-refractivity contribution in [2.75, 3.05) is 18.6 Å². The predicted molar refractivity (Wildman–Crippen MR) is 81.1 cm³/mol. The fourth-order valence-electron chi connectivity index (χ4n) is 1.55. The van der Waals surface area contributed by atoms with E-state index >= 15 is 0 Å². The first kappa shape index (κ1) is 15.5. The minimum atomic E-state index is -0.0968. The molecule has 5 heteroatoms. The summed E-state index contributed by atoms with van der Waals surface area (Å²) in [6.07, 6.45) is 6.85. The Morgan fingerprint density at radius 1 is 1.33 bits per heavy atom. The fourth-order valence-corrected chi connectivity index (χ4v) is 2.39. The molecule has 0 aliphatic carbocycles. The number of nitrogens with one attached hydrogen (secondary N) is 1. The average Bonchev–Trinajstić information content (AvgIpc) is 2.37. The standard InChI is InChI=1S/C13H19BrN2OS/c1-18-10-5-3-2-4-9-15-13(17)11-7-6-8-12(14)16-11/h6-8H,2-5,9-10H2,1H3,(H,15,17). The first-order chi connectivity index (χ1) is 8.74. The molecule has 1 heterocycles. The maximum Gasteiger partial charge on any atom is 0.269 e. The highest BCUT2D eigenvalue weighted by atomic mass is 79.9. The molecule has 100 valence electrons. The first-order valence-corrected chi connectivity index (χ1v) is 8.32. The molecular formula is C13H19BrN2OS. The number of carbonyl (C=O) groups is 1. The van der Waals surface area contributed by atoms with Gasteiger partial charge < -0.3 is 5.32 Å². The van der Waals surface area contributed by atoms with Gasteiger partial charge in [0.25, 0.3) is 5.91 Å². The topological polar surface area (TPSA) is 42.0 Å². The third kappa shape index (κ3) is 6.40. The minimum absolute atomic E-state index is 0.0968. The third-order valence-corrected chi connectivity index (χ3v) is 3.65. The van der Waals surface area contributed by atoms with E-state index in [0.717, 1.165) is 13.0 Å². The van der Waals surface area contributed by atoms with E-state index in [1.807, 2.05) is 23.9 Å². The third-order valence-electron chi connectivity index (χ3n) is 2.51. The molecule has 0 aliphatic rings. The van der Waals surface area contributed by atoms with Crippen LogP contribution in [0.5, 0.6) is 0 Å². The van der Waals surface area contributed by atoms with Crippen LogP contribution < -0.4 is 5.32 Å². The highest BCUT2D eigenvalue weighted by molar-refractivity contribution is 9.10. The van der Waals surface area contributed by atoms with E-state index in [1.165, 1.54) is 25.0 Å². The number of hydrogen-bond donors (Lipinski definition) is 1. The van der Waals surface area contributed by atoms with Crippen molar-refractivity contribution in [2.45, 2.75) is 25.7 Å². The number of thioether (sulfide) groups is 1. The maximum absolute atomic E-state index is 11.7. The van der Waals surface area contributed by atoms with Crippen LogP contribution in [0.2, 0.25) is 0 Å². The number of carbonyl (C=O) groups excluding carboxylic acids is 1. The highest BCUT2D eigenvalue weighted by Crippen LogP contribution is 2.06. The van der Waals surface area contributed by atoms with E-state index < -0.39 is 0 Å². The van der Waals surface area contributed by atoms with Gasteiger partial charge in [-0.05, 0) is 52.9 Å². The van der Waals surface area contributed by atoms with Gasteiger partial charge in [0.1, 0.15) is 10.3 Å². The molecule has 1 amide bonds. The number of amides is 1. The second-order valence-corrected chi connectivity index (χ2v) is 5.81. The fraction of sp³-hybridized carbons (Fsp3) is 0.538. The number of aromatic nitrogens is 1. The molecule has 0 saturated carbocycles. The zero-order valence-electron chi connectivity index (χ0n) is 10.6. The van der Waals surface area contributed by atoms with Crippen LogP contribution in [0.25, 0.3) is 0 Å². The smallest absolute Gasteiger partial charge is 0.269 e. The summed E-state index contributed by atoms with van der Waals surface area (Å²) in [6.45, 7) is 0.728. The molecule has 1 N–H and O–H groups in total. The van der Waals surface area contributed by atoms with Gasteiger partial charge in [-0.1, -0.05) is 18.9 Å². The van der Waals surface area contributed by atoms with Crippen LogP contribution in [0, 0.1) is 0 Å². The van der Waals surface area contributed by atoms with Crippen LogP contribution in [-0.4, -0.2) is 29.4 Å². The Morgan fingerprint density at radius 2 is 2.11 bits per heavy atom. The van der Waals surface area contributed by atoms with E-state index in [9.17, 15) is 4.79 Å². The van der Waals surface area contributed by atoms with Gasteiger partial charge in [-0.2, -0.15) is 11.8 Å². The summed E-state index contributed by atoms with van der Waals surface area (Å²) >= 11 is 5.14. The van der Waals surface area contributed by atoms with Crippen molar-refractivity contribution in [3.8, 4) is 0 Å². The molecule has 0 bridgehead atoms. The minimum Gasteiger partial charge on any atom is -0.351 e. The molecule has 3 nitrogen and oxygen atoms in total. The summed E-state index contributed by atoms with van der Waals surface area (Å²) in [6, 6.07) is 5.34. The molecule has 1 aromatic rings. The Kier molecular flexibility index (Phi) is 8.09. The SMILES string of the molecule is CSCCCCCCNC(=O)c1cccc(Br)n1. The van der Waals surface area contributed by atoms with Crippen molar-refractivity contribution in [3.05, 3.63) is 28.5 Å². The van der Waals surface area contributed by atoms with E-state index in [4.69, 9.17) is 0 Å². The Bertz CT molecular complexity index is 374. The van der Waals surface area contributed by atoms with Crippen molar-refractivity contribution in [1.82, 2.24) is 10.3 Å². The summed E-state index contributed by atoms with van der Waals surface area (Å²) in [5.41, 5.74) is 0.465. The van der Waals surface area contributed by atoms with Crippen molar-refractivity contribution in [3.63, 3.8) is 0 Å². The molecule has 0 atom stereocenters. The second kappa shape index (κ2) is 9.39. The molecule has 18 heavy (non-hydrogen) atoms. The molecule has 1 aromatic heterocycles. The highest BCUT2D eigenvalue weighted by Gasteiger charge is 2.05. The predicted octanol–water partition coefficient (Wildman–Crippen LogP) is 3.50. The van der Waals surface area contributed by atoms with Gasteiger partial charge in [-0.25, -0.2) is 4.98 Å². The normalized spacial score (nSPS) is 10.3. The first-order valence-electron chi connectivity index (χ1n) is 6.13. The molecule has 0 saturated heterocycles. The van der Waals surface area contributed by atoms with E-state index in [0.29, 0.717) is 10.3 Å². The molecule has 0 spiro atoms. The quantitative estimate of drug-likeness (QED) is 0.586. The maximum atomic E-state index is 11.7. The van der Waals surface area contributed by atoms with Crippen LogP contribution in [0.4, 0.5) is 0 Å². The Hall–Kier alpha value is -0.550. The van der Waals surface area contributed by atoms with Crippen molar-refractivity contribution in [2.24, 2.45) is 0 Å². The van der Waals surface area contributed by atoms with Crippen LogP contribution in [0.1, 0.15) is 36.2 Å². The summed E-state index contributed by atoms with van der Waals surface area (Å²) in [4.78, 5) is 15.8. The summed E-state index contributed by atoms with van der Waals surface area (Å²) in [7, 11) is 0. The lowest BCUT2D eigenvalue weighted by molar-refractivity contribution is 0.0948. The monoisotopic (exact) mass is 330 g/mol. The lowest BCUT2D eigenvalue weighted by atomic mass is 10.2. The summed E-state index contributed by atoms with van der Waals surface area (Å²) in [5.74, 6) is 1.13. The van der Waals surface area contributed by atoms with E-state index in [1.54, 1.807) is 6.07 Å². The molecule has 0 unspecified atom stereocenters. The van der Waals surface area contributed by atoms with Crippen LogP contribution in [-0.2, 0) is 0 Å².